The van der Waals surface area contributed by atoms with Crippen LogP contribution < -0.4 is 0 Å². The quantitative estimate of drug-likeness (QED) is 0.931. The van der Waals surface area contributed by atoms with Crippen molar-refractivity contribution < 1.29 is 9.90 Å². The Kier molecular flexibility index (Phi) is 3.12. The van der Waals surface area contributed by atoms with Crippen molar-refractivity contribution in [1.82, 2.24) is 4.90 Å². The molecule has 1 heterocycles. The number of fused-ring (bicyclic) bond motifs is 4. The van der Waals surface area contributed by atoms with Crippen LogP contribution in [0.1, 0.15) is 54.6 Å². The molecule has 3 nitrogen and oxygen atoms in total. The highest BCUT2D eigenvalue weighted by Crippen LogP contribution is 2.49. The highest BCUT2D eigenvalue weighted by molar-refractivity contribution is 5.88. The van der Waals surface area contributed by atoms with Gasteiger partial charge in [-0.05, 0) is 72.7 Å². The minimum atomic E-state index is -0.813. The molecule has 1 N–H and O–H groups in total. The molecule has 3 aliphatic rings. The summed E-state index contributed by atoms with van der Waals surface area (Å²) in [5.74, 6) is 0.719. The number of carbonyl (C=O) groups is 1. The third-order valence-corrected chi connectivity index (χ3v) is 6.56. The molecule has 2 bridgehead atoms. The highest BCUT2D eigenvalue weighted by Gasteiger charge is 2.49. The molecule has 3 heteroatoms. The van der Waals surface area contributed by atoms with Crippen molar-refractivity contribution in [2.75, 3.05) is 13.1 Å². The number of benzene rings is 1. The number of carboxylic acids is 1. The van der Waals surface area contributed by atoms with Gasteiger partial charge in [0, 0.05) is 12.6 Å². The average Bonchev–Trinajstić information content (AvgIpc) is 3.29. The fraction of sp³-hybridized carbons (Fsp3) is 0.632. The maximum Gasteiger partial charge on any atom is 0.335 e. The van der Waals surface area contributed by atoms with Gasteiger partial charge in [0.2, 0.25) is 0 Å². The van der Waals surface area contributed by atoms with Crippen molar-refractivity contribution >= 4 is 5.97 Å². The Labute approximate surface area is 132 Å². The first-order valence-electron chi connectivity index (χ1n) is 8.60. The Morgan fingerprint density at radius 1 is 1.41 bits per heavy atom. The monoisotopic (exact) mass is 299 g/mol. The molecule has 1 aromatic rings. The van der Waals surface area contributed by atoms with Crippen molar-refractivity contribution in [2.24, 2.45) is 11.8 Å². The third kappa shape index (κ3) is 2.10. The van der Waals surface area contributed by atoms with Gasteiger partial charge in [0.1, 0.15) is 0 Å². The van der Waals surface area contributed by atoms with E-state index in [1.807, 2.05) is 6.07 Å². The van der Waals surface area contributed by atoms with Gasteiger partial charge in [0.25, 0.3) is 0 Å². The zero-order chi connectivity index (χ0) is 15.5. The van der Waals surface area contributed by atoms with E-state index in [2.05, 4.69) is 24.8 Å². The van der Waals surface area contributed by atoms with E-state index in [0.29, 0.717) is 17.5 Å². The molecule has 4 rings (SSSR count). The fourth-order valence-corrected chi connectivity index (χ4v) is 4.70. The van der Waals surface area contributed by atoms with Gasteiger partial charge in [-0.1, -0.05) is 19.9 Å². The van der Waals surface area contributed by atoms with Crippen molar-refractivity contribution in [1.29, 1.82) is 0 Å². The normalized spacial score (nSPS) is 34.3. The molecule has 0 radical (unpaired) electrons. The van der Waals surface area contributed by atoms with Crippen molar-refractivity contribution in [3.63, 3.8) is 0 Å². The predicted octanol–water partition coefficient (Wildman–Crippen LogP) is 3.32. The van der Waals surface area contributed by atoms with Gasteiger partial charge in [-0.3, -0.25) is 4.90 Å². The molecule has 1 unspecified atom stereocenters. The summed E-state index contributed by atoms with van der Waals surface area (Å²) in [6.45, 7) is 7.16. The van der Waals surface area contributed by atoms with Crippen LogP contribution in [-0.2, 0) is 11.8 Å². The molecule has 0 aromatic heterocycles. The maximum atomic E-state index is 11.3. The lowest BCUT2D eigenvalue weighted by molar-refractivity contribution is 0.0283. The minimum Gasteiger partial charge on any atom is -0.478 e. The molecular formula is C19H25NO2. The molecule has 1 saturated heterocycles. The van der Waals surface area contributed by atoms with Gasteiger partial charge in [-0.15, -0.1) is 0 Å². The van der Waals surface area contributed by atoms with E-state index in [1.54, 1.807) is 6.07 Å². The van der Waals surface area contributed by atoms with E-state index < -0.39 is 5.97 Å². The Morgan fingerprint density at radius 3 is 2.86 bits per heavy atom. The average molecular weight is 299 g/mol. The maximum absolute atomic E-state index is 11.3. The van der Waals surface area contributed by atoms with Crippen LogP contribution in [0, 0.1) is 11.8 Å². The van der Waals surface area contributed by atoms with Crippen molar-refractivity contribution in [3.8, 4) is 0 Å². The molecule has 118 valence electrons. The summed E-state index contributed by atoms with van der Waals surface area (Å²) >= 11 is 0. The summed E-state index contributed by atoms with van der Waals surface area (Å²) in [6, 6.07) is 6.42. The SMILES string of the molecule is C[C@H]1C2Cc3ccc(C(=O)O)cc3[C@@]1(C)CCN2CC1CC1. The number of hydrogen-bond donors (Lipinski definition) is 1. The molecule has 22 heavy (non-hydrogen) atoms. The lowest BCUT2D eigenvalue weighted by Gasteiger charge is -2.54. The number of hydrogen-bond acceptors (Lipinski definition) is 2. The molecular weight excluding hydrogens is 274 g/mol. The fourth-order valence-electron chi connectivity index (χ4n) is 4.70. The lowest BCUT2D eigenvalue weighted by Crippen LogP contribution is -2.58. The summed E-state index contributed by atoms with van der Waals surface area (Å²) in [6.07, 6.45) is 5.05. The molecule has 1 aliphatic heterocycles. The smallest absolute Gasteiger partial charge is 0.335 e. The van der Waals surface area contributed by atoms with E-state index in [0.717, 1.165) is 18.8 Å². The molecule has 0 spiro atoms. The van der Waals surface area contributed by atoms with Crippen LogP contribution in [0.5, 0.6) is 0 Å². The Hall–Kier alpha value is -1.35. The standard InChI is InChI=1S/C19H25NO2/c1-12-17-10-14-5-6-15(18(21)22)9-16(14)19(12,2)7-8-20(17)11-13-3-4-13/h5-6,9,12-13,17H,3-4,7-8,10-11H2,1-2H3,(H,21,22)/t12-,17?,19-/m0/s1. The molecule has 2 fully saturated rings. The van der Waals surface area contributed by atoms with Crippen LogP contribution in [0.4, 0.5) is 0 Å². The van der Waals surface area contributed by atoms with E-state index in [9.17, 15) is 9.90 Å². The van der Waals surface area contributed by atoms with Crippen LogP contribution in [0.25, 0.3) is 0 Å². The van der Waals surface area contributed by atoms with Gasteiger partial charge in [0.15, 0.2) is 0 Å². The number of piperidine rings is 1. The Morgan fingerprint density at radius 2 is 2.18 bits per heavy atom. The zero-order valence-corrected chi connectivity index (χ0v) is 13.5. The molecule has 2 aliphatic carbocycles. The van der Waals surface area contributed by atoms with Gasteiger partial charge in [-0.2, -0.15) is 0 Å². The Balaban J connectivity index is 1.72. The first-order chi connectivity index (χ1) is 10.5. The van der Waals surface area contributed by atoms with E-state index in [-0.39, 0.29) is 5.41 Å². The second-order valence-corrected chi connectivity index (χ2v) is 7.84. The summed E-state index contributed by atoms with van der Waals surface area (Å²) in [4.78, 5) is 14.0. The van der Waals surface area contributed by atoms with Crippen LogP contribution in [-0.4, -0.2) is 35.1 Å². The van der Waals surface area contributed by atoms with E-state index >= 15 is 0 Å². The Bertz CT molecular complexity index is 622. The zero-order valence-electron chi connectivity index (χ0n) is 13.5. The van der Waals surface area contributed by atoms with Crippen LogP contribution in [0.3, 0.4) is 0 Å². The first kappa shape index (κ1) is 14.3. The lowest BCUT2D eigenvalue weighted by atomic mass is 9.59. The number of aromatic carboxylic acids is 1. The number of rotatable bonds is 3. The van der Waals surface area contributed by atoms with Crippen LogP contribution >= 0.6 is 0 Å². The van der Waals surface area contributed by atoms with Crippen LogP contribution in [0.2, 0.25) is 0 Å². The van der Waals surface area contributed by atoms with Crippen molar-refractivity contribution in [3.05, 3.63) is 34.9 Å². The van der Waals surface area contributed by atoms with Crippen LogP contribution in [0.15, 0.2) is 18.2 Å². The second kappa shape index (κ2) is 4.82. The molecule has 1 aromatic carbocycles. The number of nitrogens with zero attached hydrogens (tertiary/aromatic N) is 1. The van der Waals surface area contributed by atoms with Crippen molar-refractivity contribution in [2.45, 2.75) is 51.0 Å². The largest absolute Gasteiger partial charge is 0.478 e. The second-order valence-electron chi connectivity index (χ2n) is 7.84. The minimum absolute atomic E-state index is 0.129. The molecule has 3 atom stereocenters. The van der Waals surface area contributed by atoms with Gasteiger partial charge in [0.05, 0.1) is 5.56 Å². The third-order valence-electron chi connectivity index (χ3n) is 6.56. The summed E-state index contributed by atoms with van der Waals surface area (Å²) in [5.41, 5.74) is 3.23. The van der Waals surface area contributed by atoms with Gasteiger partial charge in [-0.25, -0.2) is 4.79 Å². The summed E-state index contributed by atoms with van der Waals surface area (Å²) < 4.78 is 0. The highest BCUT2D eigenvalue weighted by atomic mass is 16.4. The van der Waals surface area contributed by atoms with Gasteiger partial charge < -0.3 is 5.11 Å². The van der Waals surface area contributed by atoms with E-state index in [1.165, 1.54) is 37.1 Å². The topological polar surface area (TPSA) is 40.5 Å². The van der Waals surface area contributed by atoms with E-state index in [4.69, 9.17) is 0 Å². The predicted molar refractivity (Wildman–Crippen MR) is 86.3 cm³/mol. The summed E-state index contributed by atoms with van der Waals surface area (Å²) in [7, 11) is 0. The summed E-state index contributed by atoms with van der Waals surface area (Å²) in [5, 5.41) is 9.30. The molecule has 0 amide bonds. The number of carboxylic acid groups (broad SMARTS) is 1. The molecule has 1 saturated carbocycles. The van der Waals surface area contributed by atoms with Gasteiger partial charge >= 0.3 is 5.97 Å². The number of likely N-dealkylation sites (tertiary alicyclic amines) is 1. The first-order valence-corrected chi connectivity index (χ1v) is 8.60.